The lowest BCUT2D eigenvalue weighted by Gasteiger charge is -2.36. The molecule has 0 bridgehead atoms. The summed E-state index contributed by atoms with van der Waals surface area (Å²) in [5.41, 5.74) is 4.00. The second-order valence-electron chi connectivity index (χ2n) is 10.3. The third kappa shape index (κ3) is 4.67. The number of aromatic amines is 1. The van der Waals surface area contributed by atoms with E-state index in [2.05, 4.69) is 14.7 Å². The van der Waals surface area contributed by atoms with Gasteiger partial charge in [-0.1, -0.05) is 0 Å². The Morgan fingerprint density at radius 3 is 2.57 bits per heavy atom. The number of amides is 1. The van der Waals surface area contributed by atoms with Crippen LogP contribution < -0.4 is 4.74 Å². The molecule has 1 aromatic carbocycles. The number of nitrogens with one attached hydrogen (secondary N) is 1. The van der Waals surface area contributed by atoms with Crippen molar-refractivity contribution in [3.8, 4) is 5.75 Å². The van der Waals surface area contributed by atoms with Crippen molar-refractivity contribution >= 4 is 16.9 Å². The lowest BCUT2D eigenvalue weighted by molar-refractivity contribution is -0.274. The highest BCUT2D eigenvalue weighted by Crippen LogP contribution is 2.42. The van der Waals surface area contributed by atoms with E-state index in [1.54, 1.807) is 4.90 Å². The molecular weight excluding hydrogens is 490 g/mol. The molecule has 3 aliphatic rings. The number of rotatable bonds is 3. The molecule has 2 aromatic heterocycles. The molecular formula is C27H27F4N3O3. The Balaban J connectivity index is 1.20. The van der Waals surface area contributed by atoms with Crippen LogP contribution in [-0.4, -0.2) is 53.4 Å². The van der Waals surface area contributed by atoms with Gasteiger partial charge in [-0.25, -0.2) is 9.37 Å². The molecule has 0 spiro atoms. The summed E-state index contributed by atoms with van der Waals surface area (Å²) in [7, 11) is 0. The number of halogens is 4. The first-order chi connectivity index (χ1) is 17.8. The lowest BCUT2D eigenvalue weighted by atomic mass is 9.75. The molecule has 1 aliphatic carbocycles. The van der Waals surface area contributed by atoms with Crippen LogP contribution >= 0.6 is 0 Å². The highest BCUT2D eigenvalue weighted by atomic mass is 19.4. The number of hydrogen-bond donors (Lipinski definition) is 1. The molecule has 4 heterocycles. The predicted octanol–water partition coefficient (Wildman–Crippen LogP) is 5.37. The molecule has 0 saturated carbocycles. The van der Waals surface area contributed by atoms with Gasteiger partial charge in [-0.15, -0.1) is 13.2 Å². The smallest absolute Gasteiger partial charge is 0.406 e. The molecule has 196 valence electrons. The van der Waals surface area contributed by atoms with E-state index in [1.165, 1.54) is 18.3 Å². The van der Waals surface area contributed by atoms with Gasteiger partial charge in [0.05, 0.1) is 6.20 Å². The van der Waals surface area contributed by atoms with E-state index in [4.69, 9.17) is 4.74 Å². The maximum absolute atomic E-state index is 15.3. The second kappa shape index (κ2) is 9.31. The fraction of sp³-hybridized carbons (Fsp3) is 0.481. The number of alkyl halides is 3. The lowest BCUT2D eigenvalue weighted by Crippen LogP contribution is -2.38. The number of H-pyrrole nitrogens is 1. The van der Waals surface area contributed by atoms with E-state index in [0.717, 1.165) is 66.9 Å². The zero-order chi connectivity index (χ0) is 25.7. The van der Waals surface area contributed by atoms with Gasteiger partial charge in [-0.3, -0.25) is 4.79 Å². The average molecular weight is 518 g/mol. The minimum Gasteiger partial charge on any atom is -0.406 e. The SMILES string of the molecule is O=C(c1ccc(OC(F)(F)F)cc1)N1CCC(c2c(F)cnc3[nH]c4c(c23)C[C@@H]2COCC[C@H]2C4)CC1. The number of pyridine rings is 1. The standard InChI is InChI=1S/C27H27F4N3O3/c28-21-13-32-25-24(20-11-18-14-36-10-7-17(18)12-22(20)33-25)23(21)15-5-8-34(9-6-15)26(35)16-1-3-19(4-2-16)37-27(29,30)31/h1-4,13,15,17-18H,5-12,14H2,(H,32,33)/t17-,18+/m0/s1. The number of carbonyl (C=O) groups is 1. The van der Waals surface area contributed by atoms with Gasteiger partial charge in [0.25, 0.3) is 5.91 Å². The van der Waals surface area contributed by atoms with Crippen LogP contribution in [0, 0.1) is 17.7 Å². The molecule has 0 radical (unpaired) electrons. The number of hydrogen-bond acceptors (Lipinski definition) is 4. The van der Waals surface area contributed by atoms with Crippen molar-refractivity contribution in [1.29, 1.82) is 0 Å². The zero-order valence-corrected chi connectivity index (χ0v) is 20.1. The number of piperidine rings is 1. The first-order valence-electron chi connectivity index (χ1n) is 12.7. The normalized spacial score (nSPS) is 22.5. The Hall–Kier alpha value is -3.14. The summed E-state index contributed by atoms with van der Waals surface area (Å²) in [6, 6.07) is 4.92. The van der Waals surface area contributed by atoms with E-state index in [-0.39, 0.29) is 29.0 Å². The number of aromatic nitrogens is 2. The van der Waals surface area contributed by atoms with Crippen molar-refractivity contribution in [3.63, 3.8) is 0 Å². The number of nitrogens with zero attached hydrogens (tertiary/aromatic N) is 2. The minimum absolute atomic E-state index is 0.0580. The molecule has 1 amide bonds. The van der Waals surface area contributed by atoms with Crippen LogP contribution in [0.1, 0.15) is 52.4 Å². The van der Waals surface area contributed by atoms with E-state index in [0.29, 0.717) is 43.3 Å². The molecule has 10 heteroatoms. The summed E-state index contributed by atoms with van der Waals surface area (Å²) in [6.45, 7) is 2.38. The number of likely N-dealkylation sites (tertiary alicyclic amines) is 1. The highest BCUT2D eigenvalue weighted by Gasteiger charge is 2.36. The summed E-state index contributed by atoms with van der Waals surface area (Å²) in [5, 5.41) is 0.893. The van der Waals surface area contributed by atoms with Gasteiger partial charge in [0.15, 0.2) is 0 Å². The van der Waals surface area contributed by atoms with E-state index < -0.39 is 6.36 Å². The molecule has 6 nitrogen and oxygen atoms in total. The Bertz CT molecular complexity index is 1310. The Labute approximate surface area is 211 Å². The Kier molecular flexibility index (Phi) is 6.09. The zero-order valence-electron chi connectivity index (χ0n) is 20.1. The van der Waals surface area contributed by atoms with Crippen molar-refractivity contribution in [3.05, 3.63) is 58.7 Å². The maximum Gasteiger partial charge on any atom is 0.573 e. The first-order valence-corrected chi connectivity index (χ1v) is 12.7. The summed E-state index contributed by atoms with van der Waals surface area (Å²) in [4.78, 5) is 22.5. The largest absolute Gasteiger partial charge is 0.573 e. The van der Waals surface area contributed by atoms with Gasteiger partial charge in [0.2, 0.25) is 0 Å². The van der Waals surface area contributed by atoms with Gasteiger partial charge >= 0.3 is 6.36 Å². The van der Waals surface area contributed by atoms with Crippen LogP contribution in [0.5, 0.6) is 5.75 Å². The predicted molar refractivity (Wildman–Crippen MR) is 127 cm³/mol. The molecule has 37 heavy (non-hydrogen) atoms. The van der Waals surface area contributed by atoms with Crippen LogP contribution in [0.25, 0.3) is 11.0 Å². The topological polar surface area (TPSA) is 67.5 Å². The van der Waals surface area contributed by atoms with Gasteiger partial charge < -0.3 is 19.4 Å². The number of ether oxygens (including phenoxy) is 2. The second-order valence-corrected chi connectivity index (χ2v) is 10.3. The minimum atomic E-state index is -4.79. The summed E-state index contributed by atoms with van der Waals surface area (Å²) >= 11 is 0. The Morgan fingerprint density at radius 2 is 1.84 bits per heavy atom. The third-order valence-electron chi connectivity index (χ3n) is 8.10. The van der Waals surface area contributed by atoms with Crippen LogP contribution in [0.3, 0.4) is 0 Å². The monoisotopic (exact) mass is 517 g/mol. The number of carbonyl (C=O) groups excluding carboxylic acids is 1. The van der Waals surface area contributed by atoms with Crippen molar-refractivity contribution in [2.24, 2.45) is 11.8 Å². The van der Waals surface area contributed by atoms with Crippen molar-refractivity contribution in [2.75, 3.05) is 26.3 Å². The molecule has 1 N–H and O–H groups in total. The van der Waals surface area contributed by atoms with Crippen LogP contribution in [0.15, 0.2) is 30.5 Å². The maximum atomic E-state index is 15.3. The molecule has 2 fully saturated rings. The fourth-order valence-corrected chi connectivity index (χ4v) is 6.28. The van der Waals surface area contributed by atoms with E-state index in [9.17, 15) is 18.0 Å². The van der Waals surface area contributed by atoms with Crippen LogP contribution in [0.2, 0.25) is 0 Å². The summed E-state index contributed by atoms with van der Waals surface area (Å²) in [6.07, 6.45) is 0.505. The van der Waals surface area contributed by atoms with Gasteiger partial charge in [-0.2, -0.15) is 0 Å². The van der Waals surface area contributed by atoms with Gasteiger partial charge in [0.1, 0.15) is 17.2 Å². The summed E-state index contributed by atoms with van der Waals surface area (Å²) in [5.74, 6) is -0.00556. The van der Waals surface area contributed by atoms with Crippen molar-refractivity contribution < 1.29 is 31.8 Å². The third-order valence-corrected chi connectivity index (χ3v) is 8.10. The highest BCUT2D eigenvalue weighted by molar-refractivity contribution is 5.94. The molecule has 2 atom stereocenters. The van der Waals surface area contributed by atoms with E-state index >= 15 is 4.39 Å². The molecule has 2 saturated heterocycles. The molecule has 2 aliphatic heterocycles. The van der Waals surface area contributed by atoms with E-state index in [1.807, 2.05) is 0 Å². The molecule has 0 unspecified atom stereocenters. The summed E-state index contributed by atoms with van der Waals surface area (Å²) < 4.78 is 62.1. The van der Waals surface area contributed by atoms with Crippen LogP contribution in [-0.2, 0) is 17.6 Å². The Morgan fingerprint density at radius 1 is 1.08 bits per heavy atom. The van der Waals surface area contributed by atoms with Crippen molar-refractivity contribution in [1.82, 2.24) is 14.9 Å². The van der Waals surface area contributed by atoms with Crippen molar-refractivity contribution in [2.45, 2.75) is 44.4 Å². The first kappa shape index (κ1) is 24.2. The van der Waals surface area contributed by atoms with Gasteiger partial charge in [-0.05, 0) is 79.7 Å². The quantitative estimate of drug-likeness (QED) is 0.475. The fourth-order valence-electron chi connectivity index (χ4n) is 6.28. The van der Waals surface area contributed by atoms with Gasteiger partial charge in [0, 0.05) is 48.5 Å². The molecule has 3 aromatic rings. The number of fused-ring (bicyclic) bond motifs is 4. The number of benzene rings is 1. The van der Waals surface area contributed by atoms with Crippen LogP contribution in [0.4, 0.5) is 17.6 Å². The average Bonchev–Trinajstić information content (AvgIpc) is 3.24. The molecule has 6 rings (SSSR count).